The fourth-order valence-corrected chi connectivity index (χ4v) is 3.97. The van der Waals surface area contributed by atoms with Gasteiger partial charge in [-0.1, -0.05) is 13.8 Å². The van der Waals surface area contributed by atoms with Gasteiger partial charge in [0.25, 0.3) is 0 Å². The Bertz CT molecular complexity index is 399. The average Bonchev–Trinajstić information content (AvgIpc) is 2.39. The van der Waals surface area contributed by atoms with Gasteiger partial charge in [0.1, 0.15) is 5.75 Å². The van der Waals surface area contributed by atoms with Crippen molar-refractivity contribution in [2.24, 2.45) is 5.73 Å². The fraction of sp³-hybridized carbons (Fsp3) is 0.917. The van der Waals surface area contributed by atoms with Gasteiger partial charge in [0.2, 0.25) is 15.9 Å². The molecular formula is C12H26ClN3O3S. The lowest BCUT2D eigenvalue weighted by Crippen LogP contribution is -2.50. The van der Waals surface area contributed by atoms with E-state index in [0.717, 1.165) is 19.3 Å². The Hall–Kier alpha value is -0.370. The van der Waals surface area contributed by atoms with Crippen molar-refractivity contribution in [3.63, 3.8) is 0 Å². The molecule has 1 aliphatic rings. The van der Waals surface area contributed by atoms with Gasteiger partial charge in [-0.15, -0.1) is 12.4 Å². The van der Waals surface area contributed by atoms with E-state index in [9.17, 15) is 13.2 Å². The van der Waals surface area contributed by atoms with Crippen molar-refractivity contribution < 1.29 is 13.2 Å². The molecule has 1 unspecified atom stereocenters. The molecule has 1 fully saturated rings. The summed E-state index contributed by atoms with van der Waals surface area (Å²) in [5.74, 6) is -0.757. The van der Waals surface area contributed by atoms with E-state index in [1.165, 1.54) is 4.31 Å². The van der Waals surface area contributed by atoms with E-state index in [4.69, 9.17) is 5.73 Å². The first-order chi connectivity index (χ1) is 8.96. The highest BCUT2D eigenvalue weighted by atomic mass is 35.5. The molecule has 8 heteroatoms. The van der Waals surface area contributed by atoms with E-state index >= 15 is 0 Å². The number of carbonyl (C=O) groups is 1. The molecule has 6 nitrogen and oxygen atoms in total. The first kappa shape index (κ1) is 19.6. The number of piperidine rings is 1. The van der Waals surface area contributed by atoms with Crippen LogP contribution >= 0.6 is 12.4 Å². The molecule has 0 aromatic heterocycles. The number of nitrogens with zero attached hydrogens (tertiary/aromatic N) is 2. The van der Waals surface area contributed by atoms with Crippen LogP contribution < -0.4 is 5.73 Å². The standard InChI is InChI=1S/C12H25N3O3S.ClH/c1-3-14(4-2)19(17,18)10-12(16)15-8-6-5-7-11(15)9-13;/h11H,3-10,13H2,1-2H3;1H. The van der Waals surface area contributed by atoms with Gasteiger partial charge in [0.15, 0.2) is 0 Å². The zero-order valence-electron chi connectivity index (χ0n) is 12.2. The Kier molecular flexibility index (Phi) is 8.65. The van der Waals surface area contributed by atoms with Crippen LogP contribution in [0.15, 0.2) is 0 Å². The molecular weight excluding hydrogens is 302 g/mol. The second-order valence-corrected chi connectivity index (χ2v) is 6.78. The average molecular weight is 328 g/mol. The first-order valence-corrected chi connectivity index (χ1v) is 8.54. The van der Waals surface area contributed by atoms with Crippen LogP contribution in [0.4, 0.5) is 0 Å². The molecule has 120 valence electrons. The van der Waals surface area contributed by atoms with Gasteiger partial charge in [-0.2, -0.15) is 0 Å². The van der Waals surface area contributed by atoms with Gasteiger partial charge in [-0.25, -0.2) is 12.7 Å². The SMILES string of the molecule is CCN(CC)S(=O)(=O)CC(=O)N1CCCCC1CN.Cl. The number of halogens is 1. The van der Waals surface area contributed by atoms with Crippen LogP contribution in [0.1, 0.15) is 33.1 Å². The predicted molar refractivity (Wildman–Crippen MR) is 82.4 cm³/mol. The molecule has 1 heterocycles. The van der Waals surface area contributed by atoms with Gasteiger partial charge in [-0.05, 0) is 19.3 Å². The summed E-state index contributed by atoms with van der Waals surface area (Å²) < 4.78 is 25.5. The van der Waals surface area contributed by atoms with Crippen LogP contribution in [0.25, 0.3) is 0 Å². The van der Waals surface area contributed by atoms with E-state index in [1.807, 2.05) is 0 Å². The first-order valence-electron chi connectivity index (χ1n) is 6.93. The van der Waals surface area contributed by atoms with Gasteiger partial charge in [-0.3, -0.25) is 4.79 Å². The predicted octanol–water partition coefficient (Wildman–Crippen LogP) is 0.420. The Morgan fingerprint density at radius 3 is 2.40 bits per heavy atom. The summed E-state index contributed by atoms with van der Waals surface area (Å²) in [6.45, 7) is 5.36. The van der Waals surface area contributed by atoms with Crippen LogP contribution in [-0.2, 0) is 14.8 Å². The molecule has 0 spiro atoms. The second-order valence-electron chi connectivity index (χ2n) is 4.81. The van der Waals surface area contributed by atoms with Crippen LogP contribution in [-0.4, -0.2) is 61.5 Å². The molecule has 1 rings (SSSR count). The van der Waals surface area contributed by atoms with Crippen molar-refractivity contribution in [1.82, 2.24) is 9.21 Å². The topological polar surface area (TPSA) is 83.7 Å². The summed E-state index contributed by atoms with van der Waals surface area (Å²) in [5, 5.41) is 0. The Balaban J connectivity index is 0.00000361. The number of nitrogens with two attached hydrogens (primary N) is 1. The number of hydrogen-bond acceptors (Lipinski definition) is 4. The summed E-state index contributed by atoms with van der Waals surface area (Å²) in [6, 6.07) is -0.00634. The highest BCUT2D eigenvalue weighted by Gasteiger charge is 2.30. The minimum atomic E-state index is -3.50. The minimum Gasteiger partial charge on any atom is -0.338 e. The van der Waals surface area contributed by atoms with Crippen LogP contribution in [0.5, 0.6) is 0 Å². The smallest absolute Gasteiger partial charge is 0.239 e. The highest BCUT2D eigenvalue weighted by molar-refractivity contribution is 7.89. The lowest BCUT2D eigenvalue weighted by atomic mass is 10.0. The molecule has 0 saturated carbocycles. The van der Waals surface area contributed by atoms with Gasteiger partial charge in [0, 0.05) is 32.2 Å². The lowest BCUT2D eigenvalue weighted by Gasteiger charge is -2.35. The second kappa shape index (κ2) is 8.81. The summed E-state index contributed by atoms with van der Waals surface area (Å²) in [5.41, 5.74) is 5.65. The minimum absolute atomic E-state index is 0. The van der Waals surface area contributed by atoms with E-state index in [1.54, 1.807) is 18.7 Å². The third-order valence-electron chi connectivity index (χ3n) is 3.62. The Morgan fingerprint density at radius 1 is 1.30 bits per heavy atom. The largest absolute Gasteiger partial charge is 0.338 e. The number of carbonyl (C=O) groups excluding carboxylic acids is 1. The van der Waals surface area contributed by atoms with E-state index in [0.29, 0.717) is 26.2 Å². The van der Waals surface area contributed by atoms with Crippen molar-refractivity contribution in [2.75, 3.05) is 31.9 Å². The number of amides is 1. The number of rotatable bonds is 6. The maximum absolute atomic E-state index is 12.2. The number of likely N-dealkylation sites (tertiary alicyclic amines) is 1. The summed E-state index contributed by atoms with van der Waals surface area (Å²) >= 11 is 0. The molecule has 1 atom stereocenters. The van der Waals surface area contributed by atoms with Crippen LogP contribution in [0, 0.1) is 0 Å². The third kappa shape index (κ3) is 4.87. The lowest BCUT2D eigenvalue weighted by molar-refractivity contribution is -0.131. The van der Waals surface area contributed by atoms with Crippen LogP contribution in [0.2, 0.25) is 0 Å². The molecule has 2 N–H and O–H groups in total. The highest BCUT2D eigenvalue weighted by Crippen LogP contribution is 2.17. The zero-order valence-corrected chi connectivity index (χ0v) is 13.9. The monoisotopic (exact) mass is 327 g/mol. The Morgan fingerprint density at radius 2 is 1.90 bits per heavy atom. The van der Waals surface area contributed by atoms with Crippen LogP contribution in [0.3, 0.4) is 0 Å². The number of sulfonamides is 1. The molecule has 0 bridgehead atoms. The summed E-state index contributed by atoms with van der Waals surface area (Å²) in [7, 11) is -3.50. The van der Waals surface area contributed by atoms with Crippen molar-refractivity contribution in [3.8, 4) is 0 Å². The molecule has 0 aliphatic carbocycles. The van der Waals surface area contributed by atoms with E-state index in [2.05, 4.69) is 0 Å². The normalized spacial score (nSPS) is 19.8. The fourth-order valence-electron chi connectivity index (χ4n) is 2.52. The Labute approximate surface area is 128 Å². The quantitative estimate of drug-likeness (QED) is 0.766. The van der Waals surface area contributed by atoms with Crippen molar-refractivity contribution in [1.29, 1.82) is 0 Å². The molecule has 1 saturated heterocycles. The maximum Gasteiger partial charge on any atom is 0.239 e. The molecule has 1 amide bonds. The van der Waals surface area contributed by atoms with Crippen molar-refractivity contribution >= 4 is 28.3 Å². The van der Waals surface area contributed by atoms with Gasteiger partial charge >= 0.3 is 0 Å². The van der Waals surface area contributed by atoms with Crippen molar-refractivity contribution in [2.45, 2.75) is 39.2 Å². The maximum atomic E-state index is 12.2. The molecule has 1 aliphatic heterocycles. The summed E-state index contributed by atoms with van der Waals surface area (Å²) in [6.07, 6.45) is 2.84. The third-order valence-corrected chi connectivity index (χ3v) is 5.54. The molecule has 0 aromatic rings. The molecule has 0 aromatic carbocycles. The van der Waals surface area contributed by atoms with E-state index in [-0.39, 0.29) is 24.4 Å². The summed E-state index contributed by atoms with van der Waals surface area (Å²) in [4.78, 5) is 13.8. The molecule has 0 radical (unpaired) electrons. The van der Waals surface area contributed by atoms with Gasteiger partial charge < -0.3 is 10.6 Å². The van der Waals surface area contributed by atoms with Crippen molar-refractivity contribution in [3.05, 3.63) is 0 Å². The molecule has 20 heavy (non-hydrogen) atoms. The van der Waals surface area contributed by atoms with E-state index < -0.39 is 15.8 Å². The zero-order chi connectivity index (χ0) is 14.5. The van der Waals surface area contributed by atoms with Gasteiger partial charge in [0.05, 0.1) is 0 Å². The number of hydrogen-bond donors (Lipinski definition) is 1.